The number of amides is 1. The monoisotopic (exact) mass is 356 g/mol. The largest absolute Gasteiger partial charge is 0.493 e. The summed E-state index contributed by atoms with van der Waals surface area (Å²) in [7, 11) is -0.143. The Morgan fingerprint density at radius 2 is 1.92 bits per heavy atom. The average molecular weight is 356 g/mol. The van der Waals surface area contributed by atoms with Gasteiger partial charge in [0.2, 0.25) is 15.9 Å². The Hall–Kier alpha value is -1.80. The van der Waals surface area contributed by atoms with Crippen LogP contribution in [0.5, 0.6) is 11.5 Å². The summed E-state index contributed by atoms with van der Waals surface area (Å²) in [5, 5.41) is 2.80. The van der Waals surface area contributed by atoms with E-state index in [0.717, 1.165) is 18.4 Å². The van der Waals surface area contributed by atoms with Gasteiger partial charge in [-0.3, -0.25) is 4.79 Å². The van der Waals surface area contributed by atoms with Crippen LogP contribution in [0.4, 0.5) is 0 Å². The number of carbonyl (C=O) groups excluding carboxylic acids is 1. The lowest BCUT2D eigenvalue weighted by atomic mass is 10.2. The maximum atomic E-state index is 12.0. The molecular weight excluding hydrogens is 332 g/mol. The number of sulfonamides is 1. The second-order valence-corrected chi connectivity index (χ2v) is 7.76. The maximum Gasteiger partial charge on any atom is 0.221 e. The minimum absolute atomic E-state index is 0.0682. The molecule has 1 fully saturated rings. The molecular formula is C16H24N2O5S. The van der Waals surface area contributed by atoms with E-state index in [1.165, 1.54) is 10.6 Å². The van der Waals surface area contributed by atoms with Gasteiger partial charge in [0.15, 0.2) is 11.5 Å². The Morgan fingerprint density at radius 3 is 2.46 bits per heavy atom. The molecule has 0 spiro atoms. The third-order valence-corrected chi connectivity index (χ3v) is 5.21. The normalized spacial score (nSPS) is 14.5. The first-order valence-corrected chi connectivity index (χ1v) is 9.64. The number of ether oxygens (including phenoxy) is 2. The number of carbonyl (C=O) groups is 1. The van der Waals surface area contributed by atoms with Gasteiger partial charge >= 0.3 is 0 Å². The van der Waals surface area contributed by atoms with Crippen molar-refractivity contribution in [3.05, 3.63) is 23.8 Å². The van der Waals surface area contributed by atoms with Crippen molar-refractivity contribution in [1.29, 1.82) is 0 Å². The third-order valence-electron chi connectivity index (χ3n) is 3.88. The standard InChI is InChI=1S/C16H24N2O5S/c1-22-14-7-4-12(10-15(14)23-2)11-17-16(19)8-9-18(13-5-6-13)24(3,20)21/h4,7,10,13H,5-6,8-9,11H2,1-3H3,(H,17,19). The van der Waals surface area contributed by atoms with Gasteiger partial charge in [-0.15, -0.1) is 0 Å². The number of benzene rings is 1. The molecule has 1 aliphatic rings. The highest BCUT2D eigenvalue weighted by Crippen LogP contribution is 2.29. The summed E-state index contributed by atoms with van der Waals surface area (Å²) in [5.41, 5.74) is 0.878. The molecule has 0 saturated heterocycles. The van der Waals surface area contributed by atoms with Gasteiger partial charge < -0.3 is 14.8 Å². The van der Waals surface area contributed by atoms with E-state index in [1.807, 2.05) is 6.07 Å². The first-order chi connectivity index (χ1) is 11.3. The van der Waals surface area contributed by atoms with E-state index in [-0.39, 0.29) is 24.9 Å². The van der Waals surface area contributed by atoms with E-state index in [2.05, 4.69) is 5.32 Å². The van der Waals surface area contributed by atoms with Crippen molar-refractivity contribution in [1.82, 2.24) is 9.62 Å². The molecule has 0 bridgehead atoms. The van der Waals surface area contributed by atoms with E-state index >= 15 is 0 Å². The molecule has 1 saturated carbocycles. The fourth-order valence-electron chi connectivity index (χ4n) is 2.47. The molecule has 0 aromatic heterocycles. The van der Waals surface area contributed by atoms with Gasteiger partial charge in [0, 0.05) is 25.6 Å². The maximum absolute atomic E-state index is 12.0. The number of hydrogen-bond acceptors (Lipinski definition) is 5. The molecule has 2 rings (SSSR count). The summed E-state index contributed by atoms with van der Waals surface area (Å²) in [6, 6.07) is 5.48. The van der Waals surface area contributed by atoms with E-state index < -0.39 is 10.0 Å². The highest BCUT2D eigenvalue weighted by molar-refractivity contribution is 7.88. The van der Waals surface area contributed by atoms with E-state index in [0.29, 0.717) is 18.0 Å². The zero-order chi connectivity index (χ0) is 17.7. The van der Waals surface area contributed by atoms with Crippen LogP contribution in [0.25, 0.3) is 0 Å². The van der Waals surface area contributed by atoms with Gasteiger partial charge in [-0.2, -0.15) is 4.31 Å². The Balaban J connectivity index is 1.85. The number of nitrogens with zero attached hydrogens (tertiary/aromatic N) is 1. The van der Waals surface area contributed by atoms with Crippen LogP contribution < -0.4 is 14.8 Å². The number of nitrogens with one attached hydrogen (secondary N) is 1. The SMILES string of the molecule is COc1ccc(CNC(=O)CCN(C2CC2)S(C)(=O)=O)cc1OC. The zero-order valence-electron chi connectivity index (χ0n) is 14.2. The number of hydrogen-bond donors (Lipinski definition) is 1. The van der Waals surface area contributed by atoms with Crippen molar-refractivity contribution in [3.63, 3.8) is 0 Å². The summed E-state index contributed by atoms with van der Waals surface area (Å²) in [6.45, 7) is 0.572. The van der Waals surface area contributed by atoms with Crippen molar-refractivity contribution in [2.75, 3.05) is 27.0 Å². The lowest BCUT2D eigenvalue weighted by molar-refractivity contribution is -0.121. The van der Waals surface area contributed by atoms with E-state index in [1.54, 1.807) is 26.4 Å². The first-order valence-electron chi connectivity index (χ1n) is 7.79. The molecule has 0 heterocycles. The van der Waals surface area contributed by atoms with Crippen molar-refractivity contribution in [3.8, 4) is 11.5 Å². The molecule has 0 radical (unpaired) electrons. The van der Waals surface area contributed by atoms with Crippen LogP contribution in [-0.4, -0.2) is 51.7 Å². The Morgan fingerprint density at radius 1 is 1.25 bits per heavy atom. The van der Waals surface area contributed by atoms with Crippen molar-refractivity contribution < 1.29 is 22.7 Å². The third kappa shape index (κ3) is 5.10. The van der Waals surface area contributed by atoms with Crippen LogP contribution in [0.3, 0.4) is 0 Å². The Kier molecular flexibility index (Phi) is 6.06. The summed E-state index contributed by atoms with van der Waals surface area (Å²) in [4.78, 5) is 12.0. The van der Waals surface area contributed by atoms with Gasteiger partial charge in [0.1, 0.15) is 0 Å². The first kappa shape index (κ1) is 18.5. The molecule has 7 nitrogen and oxygen atoms in total. The zero-order valence-corrected chi connectivity index (χ0v) is 15.1. The minimum atomic E-state index is -3.26. The number of methoxy groups -OCH3 is 2. The van der Waals surface area contributed by atoms with Gasteiger partial charge in [-0.1, -0.05) is 6.07 Å². The molecule has 1 N–H and O–H groups in total. The average Bonchev–Trinajstić information content (AvgIpc) is 3.36. The fourth-order valence-corrected chi connectivity index (χ4v) is 3.65. The molecule has 1 amide bonds. The van der Waals surface area contributed by atoms with Gasteiger partial charge in [0.25, 0.3) is 0 Å². The van der Waals surface area contributed by atoms with Crippen LogP contribution in [0.2, 0.25) is 0 Å². The smallest absolute Gasteiger partial charge is 0.221 e. The number of rotatable bonds is 9. The van der Waals surface area contributed by atoms with Crippen LogP contribution in [0.1, 0.15) is 24.8 Å². The summed E-state index contributed by atoms with van der Waals surface area (Å²) in [5.74, 6) is 1.04. The van der Waals surface area contributed by atoms with Crippen LogP contribution in [0, 0.1) is 0 Å². The lowest BCUT2D eigenvalue weighted by Gasteiger charge is -2.19. The van der Waals surface area contributed by atoms with E-state index in [9.17, 15) is 13.2 Å². The second-order valence-electron chi connectivity index (χ2n) is 5.82. The quantitative estimate of drug-likeness (QED) is 0.717. The van der Waals surface area contributed by atoms with Crippen LogP contribution in [-0.2, 0) is 21.4 Å². The van der Waals surface area contributed by atoms with E-state index in [4.69, 9.17) is 9.47 Å². The molecule has 24 heavy (non-hydrogen) atoms. The molecule has 0 aliphatic heterocycles. The summed E-state index contributed by atoms with van der Waals surface area (Å²) in [6.07, 6.45) is 3.09. The highest BCUT2D eigenvalue weighted by atomic mass is 32.2. The van der Waals surface area contributed by atoms with Gasteiger partial charge in [0.05, 0.1) is 20.5 Å². The summed E-state index contributed by atoms with van der Waals surface area (Å²) < 4.78 is 35.2. The van der Waals surface area contributed by atoms with Gasteiger partial charge in [-0.25, -0.2) is 8.42 Å². The van der Waals surface area contributed by atoms with Crippen LogP contribution >= 0.6 is 0 Å². The Bertz CT molecular complexity index is 686. The van der Waals surface area contributed by atoms with Crippen LogP contribution in [0.15, 0.2) is 18.2 Å². The molecule has 0 atom stereocenters. The minimum Gasteiger partial charge on any atom is -0.493 e. The molecule has 1 aromatic rings. The molecule has 1 aliphatic carbocycles. The summed E-state index contributed by atoms with van der Waals surface area (Å²) >= 11 is 0. The molecule has 0 unspecified atom stereocenters. The second kappa shape index (κ2) is 7.85. The molecule has 8 heteroatoms. The predicted octanol–water partition coefficient (Wildman–Crippen LogP) is 1.13. The van der Waals surface area contributed by atoms with Crippen molar-refractivity contribution in [2.24, 2.45) is 0 Å². The molecule has 1 aromatic carbocycles. The molecule has 134 valence electrons. The predicted molar refractivity (Wildman–Crippen MR) is 90.6 cm³/mol. The Labute approximate surface area is 143 Å². The van der Waals surface area contributed by atoms with Crippen molar-refractivity contribution in [2.45, 2.75) is 31.8 Å². The topological polar surface area (TPSA) is 84.9 Å². The fraction of sp³-hybridized carbons (Fsp3) is 0.562. The van der Waals surface area contributed by atoms with Gasteiger partial charge in [-0.05, 0) is 30.5 Å². The highest BCUT2D eigenvalue weighted by Gasteiger charge is 2.34. The lowest BCUT2D eigenvalue weighted by Crippen LogP contribution is -2.36. The van der Waals surface area contributed by atoms with Crippen molar-refractivity contribution >= 4 is 15.9 Å².